The van der Waals surface area contributed by atoms with Crippen molar-refractivity contribution in [3.63, 3.8) is 0 Å². The molecule has 1 saturated heterocycles. The van der Waals surface area contributed by atoms with Gasteiger partial charge >= 0.3 is 0 Å². The molecule has 3 N–H and O–H groups in total. The van der Waals surface area contributed by atoms with E-state index in [-0.39, 0.29) is 6.04 Å². The number of nitrogens with one attached hydrogen (secondary N) is 1. The van der Waals surface area contributed by atoms with Gasteiger partial charge in [-0.3, -0.25) is 0 Å². The minimum Gasteiger partial charge on any atom is -0.486 e. The van der Waals surface area contributed by atoms with Gasteiger partial charge in [0, 0.05) is 31.7 Å². The molecule has 0 bridgehead atoms. The zero-order chi connectivity index (χ0) is 13.2. The Morgan fingerprint density at radius 3 is 3.05 bits per heavy atom. The molecule has 0 aliphatic carbocycles. The van der Waals surface area contributed by atoms with E-state index in [1.165, 1.54) is 0 Å². The van der Waals surface area contributed by atoms with Crippen LogP contribution in [0.2, 0.25) is 0 Å². The van der Waals surface area contributed by atoms with Crippen molar-refractivity contribution in [1.82, 2.24) is 5.32 Å². The van der Waals surface area contributed by atoms with Crippen LogP contribution in [-0.2, 0) is 0 Å². The van der Waals surface area contributed by atoms with Crippen LogP contribution < -0.4 is 25.4 Å². The van der Waals surface area contributed by atoms with Crippen molar-refractivity contribution in [2.24, 2.45) is 5.73 Å². The normalized spacial score (nSPS) is 24.1. The number of ether oxygens (including phenoxy) is 2. The van der Waals surface area contributed by atoms with E-state index in [4.69, 9.17) is 15.2 Å². The molecule has 104 valence electrons. The minimum absolute atomic E-state index is 0.138. The van der Waals surface area contributed by atoms with Gasteiger partial charge in [0.1, 0.15) is 13.2 Å². The summed E-state index contributed by atoms with van der Waals surface area (Å²) in [6.45, 7) is 6.09. The zero-order valence-electron chi connectivity index (χ0n) is 11.3. The van der Waals surface area contributed by atoms with Crippen LogP contribution in [0, 0.1) is 0 Å². The molecular formula is C14H21N3O2. The average molecular weight is 263 g/mol. The van der Waals surface area contributed by atoms with E-state index in [9.17, 15) is 0 Å². The molecule has 1 aromatic rings. The third-order valence-corrected chi connectivity index (χ3v) is 3.73. The minimum atomic E-state index is 0.138. The van der Waals surface area contributed by atoms with E-state index < -0.39 is 0 Å². The third-order valence-electron chi connectivity index (χ3n) is 3.73. The van der Waals surface area contributed by atoms with Gasteiger partial charge in [-0.2, -0.15) is 0 Å². The second-order valence-electron chi connectivity index (χ2n) is 5.17. The number of rotatable bonds is 2. The van der Waals surface area contributed by atoms with Crippen molar-refractivity contribution in [3.8, 4) is 11.5 Å². The quantitative estimate of drug-likeness (QED) is 0.817. The van der Waals surface area contributed by atoms with Crippen molar-refractivity contribution in [2.75, 3.05) is 37.7 Å². The van der Waals surface area contributed by atoms with E-state index in [1.54, 1.807) is 0 Å². The number of nitrogens with two attached hydrogens (primary N) is 1. The van der Waals surface area contributed by atoms with E-state index in [0.29, 0.717) is 19.3 Å². The van der Waals surface area contributed by atoms with E-state index in [1.807, 2.05) is 19.1 Å². The Morgan fingerprint density at radius 1 is 1.37 bits per heavy atom. The van der Waals surface area contributed by atoms with Crippen LogP contribution in [0.4, 0.5) is 5.69 Å². The summed E-state index contributed by atoms with van der Waals surface area (Å²) in [7, 11) is 0. The first-order valence-corrected chi connectivity index (χ1v) is 6.88. The fraction of sp³-hybridized carbons (Fsp3) is 0.571. The lowest BCUT2D eigenvalue weighted by Crippen LogP contribution is -2.57. The van der Waals surface area contributed by atoms with Gasteiger partial charge in [0.2, 0.25) is 0 Å². The van der Waals surface area contributed by atoms with Gasteiger partial charge in [-0.1, -0.05) is 6.07 Å². The average Bonchev–Trinajstić information content (AvgIpc) is 2.47. The molecule has 0 spiro atoms. The van der Waals surface area contributed by atoms with Gasteiger partial charge in [0.15, 0.2) is 11.5 Å². The number of hydrogen-bond acceptors (Lipinski definition) is 5. The van der Waals surface area contributed by atoms with E-state index in [2.05, 4.69) is 16.3 Å². The molecule has 2 heterocycles. The van der Waals surface area contributed by atoms with Gasteiger partial charge in [0.05, 0.1) is 5.69 Å². The van der Waals surface area contributed by atoms with Crippen molar-refractivity contribution >= 4 is 5.69 Å². The van der Waals surface area contributed by atoms with Crippen molar-refractivity contribution in [1.29, 1.82) is 0 Å². The van der Waals surface area contributed by atoms with Crippen molar-refractivity contribution in [2.45, 2.75) is 19.0 Å². The van der Waals surface area contributed by atoms with Crippen LogP contribution in [0.3, 0.4) is 0 Å². The molecule has 2 unspecified atom stereocenters. The number of hydrogen-bond donors (Lipinski definition) is 2. The molecule has 0 saturated carbocycles. The highest BCUT2D eigenvalue weighted by Crippen LogP contribution is 2.39. The lowest BCUT2D eigenvalue weighted by molar-refractivity contribution is 0.172. The lowest BCUT2D eigenvalue weighted by atomic mass is 10.1. The Kier molecular flexibility index (Phi) is 3.48. The summed E-state index contributed by atoms with van der Waals surface area (Å²) in [5.74, 6) is 1.72. The Balaban J connectivity index is 1.85. The van der Waals surface area contributed by atoms with E-state index in [0.717, 1.165) is 36.8 Å². The third kappa shape index (κ3) is 2.48. The molecule has 5 nitrogen and oxygen atoms in total. The van der Waals surface area contributed by atoms with Gasteiger partial charge < -0.3 is 25.4 Å². The maximum atomic E-state index is 6.00. The predicted octanol–water partition coefficient (Wildman–Crippen LogP) is 0.583. The highest BCUT2D eigenvalue weighted by Gasteiger charge is 2.26. The summed E-state index contributed by atoms with van der Waals surface area (Å²) < 4.78 is 11.4. The summed E-state index contributed by atoms with van der Waals surface area (Å²) in [5.41, 5.74) is 7.12. The summed E-state index contributed by atoms with van der Waals surface area (Å²) in [6.07, 6.45) is 0. The monoisotopic (exact) mass is 263 g/mol. The molecule has 1 aromatic carbocycles. The van der Waals surface area contributed by atoms with Crippen LogP contribution >= 0.6 is 0 Å². The molecule has 5 heteroatoms. The number of piperazine rings is 1. The van der Waals surface area contributed by atoms with Crippen molar-refractivity contribution in [3.05, 3.63) is 18.2 Å². The SMILES string of the molecule is CC(N)C1CN(c2cccc3c2OCCO3)CCN1. The molecule has 2 aliphatic rings. The first-order chi connectivity index (χ1) is 9.25. The Morgan fingerprint density at radius 2 is 2.21 bits per heavy atom. The largest absolute Gasteiger partial charge is 0.486 e. The standard InChI is InChI=1S/C14H21N3O2/c1-10(15)11-9-17(6-5-16-11)12-3-2-4-13-14(12)19-8-7-18-13/h2-4,10-11,16H,5-9,15H2,1H3. The summed E-state index contributed by atoms with van der Waals surface area (Å²) in [6, 6.07) is 6.53. The molecule has 0 radical (unpaired) electrons. The molecule has 19 heavy (non-hydrogen) atoms. The van der Waals surface area contributed by atoms with Gasteiger partial charge in [-0.05, 0) is 19.1 Å². The predicted molar refractivity (Wildman–Crippen MR) is 75.1 cm³/mol. The van der Waals surface area contributed by atoms with Crippen molar-refractivity contribution < 1.29 is 9.47 Å². The molecule has 0 amide bonds. The van der Waals surface area contributed by atoms with Gasteiger partial charge in [0.25, 0.3) is 0 Å². The second-order valence-corrected chi connectivity index (χ2v) is 5.17. The first-order valence-electron chi connectivity index (χ1n) is 6.88. The maximum absolute atomic E-state index is 6.00. The van der Waals surface area contributed by atoms with Crippen LogP contribution in [0.1, 0.15) is 6.92 Å². The second kappa shape index (κ2) is 5.27. The fourth-order valence-corrected chi connectivity index (χ4v) is 2.66. The number of para-hydroxylation sites is 1. The van der Waals surface area contributed by atoms with Gasteiger partial charge in [-0.25, -0.2) is 0 Å². The summed E-state index contributed by atoms with van der Waals surface area (Å²) >= 11 is 0. The van der Waals surface area contributed by atoms with Gasteiger partial charge in [-0.15, -0.1) is 0 Å². The van der Waals surface area contributed by atoms with Crippen LogP contribution in [0.25, 0.3) is 0 Å². The molecule has 2 atom stereocenters. The zero-order valence-corrected chi connectivity index (χ0v) is 11.3. The highest BCUT2D eigenvalue weighted by atomic mass is 16.6. The molecule has 3 rings (SSSR count). The number of fused-ring (bicyclic) bond motifs is 1. The lowest BCUT2D eigenvalue weighted by Gasteiger charge is -2.38. The van der Waals surface area contributed by atoms with Crippen LogP contribution in [0.15, 0.2) is 18.2 Å². The van der Waals surface area contributed by atoms with Crippen LogP contribution in [-0.4, -0.2) is 44.9 Å². The number of anilines is 1. The number of nitrogens with zero attached hydrogens (tertiary/aromatic N) is 1. The summed E-state index contributed by atoms with van der Waals surface area (Å²) in [4.78, 5) is 2.33. The molecule has 1 fully saturated rings. The smallest absolute Gasteiger partial charge is 0.184 e. The molecule has 2 aliphatic heterocycles. The maximum Gasteiger partial charge on any atom is 0.184 e. The number of benzene rings is 1. The topological polar surface area (TPSA) is 59.8 Å². The van der Waals surface area contributed by atoms with Crippen LogP contribution in [0.5, 0.6) is 11.5 Å². The Bertz CT molecular complexity index is 450. The Hall–Kier alpha value is -1.46. The summed E-state index contributed by atoms with van der Waals surface area (Å²) in [5, 5.41) is 3.46. The molecular weight excluding hydrogens is 242 g/mol. The Labute approximate surface area is 113 Å². The fourth-order valence-electron chi connectivity index (χ4n) is 2.66. The highest BCUT2D eigenvalue weighted by molar-refractivity contribution is 5.65. The first kappa shape index (κ1) is 12.6. The van der Waals surface area contributed by atoms with E-state index >= 15 is 0 Å². The molecule has 0 aromatic heterocycles.